The van der Waals surface area contributed by atoms with Crippen molar-refractivity contribution in [2.45, 2.75) is 25.7 Å². The maximum Gasteiger partial charge on any atom is 0.273 e. The van der Waals surface area contributed by atoms with Gasteiger partial charge >= 0.3 is 0 Å². The number of aryl methyl sites for hydroxylation is 1. The van der Waals surface area contributed by atoms with Crippen LogP contribution in [0.15, 0.2) is 41.2 Å². The molecule has 5 heterocycles. The molecule has 142 valence electrons. The number of amides is 1. The molecule has 1 fully saturated rings. The highest BCUT2D eigenvalue weighted by Gasteiger charge is 2.29. The highest BCUT2D eigenvalue weighted by molar-refractivity contribution is 7.13. The zero-order valence-corrected chi connectivity index (χ0v) is 17.0. The Hall–Kier alpha value is -2.58. The van der Waals surface area contributed by atoms with Crippen LogP contribution in [0.1, 0.15) is 40.1 Å². The van der Waals surface area contributed by atoms with E-state index in [0.717, 1.165) is 41.4 Å². The Balaban J connectivity index is 1.39. The first-order valence-electron chi connectivity index (χ1n) is 9.29. The molecule has 4 aromatic rings. The summed E-state index contributed by atoms with van der Waals surface area (Å²) in [6.07, 6.45) is 3.98. The van der Waals surface area contributed by atoms with Gasteiger partial charge in [0.25, 0.3) is 5.91 Å². The summed E-state index contributed by atoms with van der Waals surface area (Å²) in [5, 5.41) is 9.57. The number of thiazole rings is 1. The summed E-state index contributed by atoms with van der Waals surface area (Å²) in [5.41, 5.74) is 2.53. The number of piperidine rings is 1. The monoisotopic (exact) mass is 409 g/mol. The molecule has 0 radical (unpaired) electrons. The van der Waals surface area contributed by atoms with Gasteiger partial charge in [-0.15, -0.1) is 22.7 Å². The lowest BCUT2D eigenvalue weighted by Crippen LogP contribution is -2.39. The maximum absolute atomic E-state index is 12.8. The zero-order chi connectivity index (χ0) is 19.1. The fourth-order valence-corrected chi connectivity index (χ4v) is 4.96. The first-order chi connectivity index (χ1) is 13.7. The van der Waals surface area contributed by atoms with Gasteiger partial charge < -0.3 is 4.90 Å². The van der Waals surface area contributed by atoms with Gasteiger partial charge in [-0.25, -0.2) is 14.5 Å². The van der Waals surface area contributed by atoms with Crippen LogP contribution in [0, 0.1) is 6.92 Å². The van der Waals surface area contributed by atoms with Crippen molar-refractivity contribution in [3.8, 4) is 10.4 Å². The topological polar surface area (TPSA) is 63.4 Å². The molecule has 5 rings (SSSR count). The molecule has 0 bridgehead atoms. The van der Waals surface area contributed by atoms with Crippen LogP contribution in [0.3, 0.4) is 0 Å². The zero-order valence-electron chi connectivity index (χ0n) is 15.4. The third-order valence-corrected chi connectivity index (χ3v) is 6.76. The van der Waals surface area contributed by atoms with Crippen LogP contribution in [0.2, 0.25) is 0 Å². The van der Waals surface area contributed by atoms with Crippen LogP contribution in [0.4, 0.5) is 0 Å². The third kappa shape index (κ3) is 3.22. The van der Waals surface area contributed by atoms with Crippen molar-refractivity contribution in [3.05, 3.63) is 57.7 Å². The van der Waals surface area contributed by atoms with Gasteiger partial charge in [0.1, 0.15) is 5.69 Å². The lowest BCUT2D eigenvalue weighted by molar-refractivity contribution is 0.0699. The van der Waals surface area contributed by atoms with Crippen LogP contribution in [0.25, 0.3) is 16.1 Å². The number of thiophene rings is 1. The summed E-state index contributed by atoms with van der Waals surface area (Å²) in [5.74, 6) is 0.982. The van der Waals surface area contributed by atoms with Crippen LogP contribution < -0.4 is 0 Å². The van der Waals surface area contributed by atoms with Gasteiger partial charge in [-0.3, -0.25) is 4.79 Å². The van der Waals surface area contributed by atoms with Crippen molar-refractivity contribution in [1.29, 1.82) is 0 Å². The van der Waals surface area contributed by atoms with Crippen molar-refractivity contribution in [1.82, 2.24) is 24.5 Å². The molecule has 1 atom stereocenters. The van der Waals surface area contributed by atoms with E-state index in [0.29, 0.717) is 12.2 Å². The Labute approximate surface area is 170 Å². The number of carbonyl (C=O) groups excluding carboxylic acids is 1. The van der Waals surface area contributed by atoms with Gasteiger partial charge in [0.2, 0.25) is 0 Å². The van der Waals surface area contributed by atoms with Gasteiger partial charge in [0, 0.05) is 41.0 Å². The van der Waals surface area contributed by atoms with Crippen molar-refractivity contribution < 1.29 is 4.79 Å². The van der Waals surface area contributed by atoms with E-state index in [1.54, 1.807) is 11.3 Å². The Morgan fingerprint density at radius 2 is 2.14 bits per heavy atom. The minimum atomic E-state index is 0.0118. The van der Waals surface area contributed by atoms with Crippen molar-refractivity contribution in [3.63, 3.8) is 0 Å². The molecule has 8 heteroatoms. The first-order valence-corrected chi connectivity index (χ1v) is 11.0. The smallest absolute Gasteiger partial charge is 0.273 e. The van der Waals surface area contributed by atoms with Crippen LogP contribution in [-0.4, -0.2) is 43.5 Å². The first kappa shape index (κ1) is 17.5. The number of fused-ring (bicyclic) bond motifs is 1. The van der Waals surface area contributed by atoms with Crippen molar-refractivity contribution in [2.24, 2.45) is 0 Å². The van der Waals surface area contributed by atoms with Crippen LogP contribution >= 0.6 is 22.7 Å². The fourth-order valence-electron chi connectivity index (χ4n) is 3.66. The van der Waals surface area contributed by atoms with Crippen LogP contribution in [0.5, 0.6) is 0 Å². The van der Waals surface area contributed by atoms with E-state index in [1.807, 2.05) is 34.0 Å². The number of hydrogen-bond acceptors (Lipinski definition) is 6. The fraction of sp³-hybridized carbons (Fsp3) is 0.300. The summed E-state index contributed by atoms with van der Waals surface area (Å²) in [6, 6.07) is 8.25. The summed E-state index contributed by atoms with van der Waals surface area (Å²) in [6.45, 7) is 3.33. The molecule has 1 amide bonds. The van der Waals surface area contributed by atoms with E-state index in [9.17, 15) is 4.79 Å². The molecule has 6 nitrogen and oxygen atoms in total. The Kier molecular flexibility index (Phi) is 4.44. The second kappa shape index (κ2) is 7.10. The molecular weight excluding hydrogens is 390 g/mol. The van der Waals surface area contributed by atoms with E-state index < -0.39 is 0 Å². The van der Waals surface area contributed by atoms with Gasteiger partial charge in [-0.2, -0.15) is 5.10 Å². The normalized spacial score (nSPS) is 17.3. The largest absolute Gasteiger partial charge is 0.337 e. The van der Waals surface area contributed by atoms with Crippen molar-refractivity contribution in [2.75, 3.05) is 13.1 Å². The Morgan fingerprint density at radius 1 is 1.21 bits per heavy atom. The number of aromatic nitrogens is 4. The molecule has 4 aromatic heterocycles. The average Bonchev–Trinajstić information content (AvgIpc) is 3.47. The molecule has 1 aliphatic rings. The average molecular weight is 410 g/mol. The highest BCUT2D eigenvalue weighted by atomic mass is 32.1. The quantitative estimate of drug-likeness (QED) is 0.508. The van der Waals surface area contributed by atoms with Gasteiger partial charge in [-0.05, 0) is 43.3 Å². The van der Waals surface area contributed by atoms with E-state index in [4.69, 9.17) is 10.1 Å². The predicted molar refractivity (Wildman–Crippen MR) is 111 cm³/mol. The number of rotatable bonds is 3. The lowest BCUT2D eigenvalue weighted by atomic mass is 9.97. The Bertz CT molecular complexity index is 1130. The molecule has 28 heavy (non-hydrogen) atoms. The summed E-state index contributed by atoms with van der Waals surface area (Å²) < 4.78 is 1.86. The number of hydrogen-bond donors (Lipinski definition) is 0. The van der Waals surface area contributed by atoms with E-state index >= 15 is 0 Å². The molecule has 0 N–H and O–H groups in total. The second-order valence-electron chi connectivity index (χ2n) is 7.01. The SMILES string of the molecule is Cc1nc(C(=O)N2CCC[C@H](c3nc4ccc(-c5cccs5)cn4n3)C2)cs1. The highest BCUT2D eigenvalue weighted by Crippen LogP contribution is 2.28. The Morgan fingerprint density at radius 3 is 2.93 bits per heavy atom. The van der Waals surface area contributed by atoms with Gasteiger partial charge in [-0.1, -0.05) is 6.07 Å². The summed E-state index contributed by atoms with van der Waals surface area (Å²) in [4.78, 5) is 25.0. The van der Waals surface area contributed by atoms with Gasteiger partial charge in [0.15, 0.2) is 11.5 Å². The van der Waals surface area contributed by atoms with Crippen LogP contribution in [-0.2, 0) is 0 Å². The molecule has 0 saturated carbocycles. The molecule has 0 aromatic carbocycles. The number of likely N-dealkylation sites (tertiary alicyclic amines) is 1. The molecular formula is C20H19N5OS2. The van der Waals surface area contributed by atoms with Gasteiger partial charge in [0.05, 0.1) is 5.01 Å². The molecule has 0 unspecified atom stereocenters. The van der Waals surface area contributed by atoms with E-state index in [-0.39, 0.29) is 11.8 Å². The molecule has 0 spiro atoms. The summed E-state index contributed by atoms with van der Waals surface area (Å²) in [7, 11) is 0. The standard InChI is InChI=1S/C20H19N5OS2/c1-13-21-16(12-28-13)20(26)24-8-2-4-15(10-24)19-22-18-7-6-14(11-25(18)23-19)17-5-3-9-27-17/h3,5-7,9,11-12,15H,2,4,8,10H2,1H3/t15-/m0/s1. The molecule has 0 aliphatic carbocycles. The lowest BCUT2D eigenvalue weighted by Gasteiger charge is -2.30. The minimum absolute atomic E-state index is 0.0118. The maximum atomic E-state index is 12.8. The second-order valence-corrected chi connectivity index (χ2v) is 9.02. The number of pyridine rings is 1. The molecule has 1 aliphatic heterocycles. The van der Waals surface area contributed by atoms with E-state index in [1.165, 1.54) is 16.2 Å². The van der Waals surface area contributed by atoms with Crippen molar-refractivity contribution >= 4 is 34.2 Å². The third-order valence-electron chi connectivity index (χ3n) is 5.06. The molecule has 1 saturated heterocycles. The minimum Gasteiger partial charge on any atom is -0.337 e. The number of nitrogens with zero attached hydrogens (tertiary/aromatic N) is 5. The number of carbonyl (C=O) groups is 1. The van der Waals surface area contributed by atoms with E-state index in [2.05, 4.69) is 28.6 Å². The summed E-state index contributed by atoms with van der Waals surface area (Å²) >= 11 is 3.22. The predicted octanol–water partition coefficient (Wildman–Crippen LogP) is 4.24.